The quantitative estimate of drug-likeness (QED) is 0.169. The van der Waals surface area contributed by atoms with Crippen LogP contribution >= 0.6 is 0 Å². The van der Waals surface area contributed by atoms with Crippen LogP contribution in [0.5, 0.6) is 5.75 Å². The maximum absolute atomic E-state index is 13.9. The average Bonchev–Trinajstić information content (AvgIpc) is 3.19. The Labute approximate surface area is 287 Å². The molecule has 0 fully saturated rings. The summed E-state index contributed by atoms with van der Waals surface area (Å²) in [5, 5.41) is 5.32. The second kappa shape index (κ2) is 14.5. The van der Waals surface area contributed by atoms with Crippen molar-refractivity contribution in [2.75, 3.05) is 11.9 Å². The van der Waals surface area contributed by atoms with E-state index in [0.717, 1.165) is 28.8 Å². The number of rotatable bonds is 10. The zero-order valence-electron chi connectivity index (χ0n) is 27.3. The molecule has 1 heterocycles. The van der Waals surface area contributed by atoms with E-state index in [2.05, 4.69) is 10.6 Å². The highest BCUT2D eigenvalue weighted by atomic mass is 19.1. The van der Waals surface area contributed by atoms with Gasteiger partial charge in [0.25, 0.3) is 5.91 Å². The number of anilines is 1. The third kappa shape index (κ3) is 7.44. The van der Waals surface area contributed by atoms with Crippen LogP contribution in [0, 0.1) is 11.6 Å². The van der Waals surface area contributed by atoms with Gasteiger partial charge in [-0.2, -0.15) is 0 Å². The van der Waals surface area contributed by atoms with Crippen molar-refractivity contribution in [2.24, 2.45) is 0 Å². The lowest BCUT2D eigenvalue weighted by Crippen LogP contribution is -2.49. The minimum atomic E-state index is -1.07. The summed E-state index contributed by atoms with van der Waals surface area (Å²) in [5.74, 6) is -2.80. The largest absolute Gasteiger partial charge is 0.489 e. The number of hydrogen-bond acceptors (Lipinski definition) is 5. The summed E-state index contributed by atoms with van der Waals surface area (Å²) in [6.07, 6.45) is -0.334. The van der Waals surface area contributed by atoms with Crippen molar-refractivity contribution < 1.29 is 32.7 Å². The van der Waals surface area contributed by atoms with Crippen LogP contribution in [0.25, 0.3) is 11.1 Å². The van der Waals surface area contributed by atoms with E-state index in [1.165, 1.54) is 11.8 Å². The highest BCUT2D eigenvalue weighted by molar-refractivity contribution is 6.09. The van der Waals surface area contributed by atoms with Gasteiger partial charge in [-0.05, 0) is 53.4 Å². The highest BCUT2D eigenvalue weighted by Gasteiger charge is 2.34. The Kier molecular flexibility index (Phi) is 9.80. The van der Waals surface area contributed by atoms with Gasteiger partial charge in [0.1, 0.15) is 36.1 Å². The summed E-state index contributed by atoms with van der Waals surface area (Å²) in [7, 11) is 1.61. The average molecular weight is 674 g/mol. The molecule has 5 aromatic carbocycles. The number of likely N-dealkylation sites (N-methyl/N-ethyl adjacent to an activating group) is 1. The lowest BCUT2D eigenvalue weighted by molar-refractivity contribution is -0.130. The predicted octanol–water partition coefficient (Wildman–Crippen LogP) is 6.32. The summed E-state index contributed by atoms with van der Waals surface area (Å²) in [5.41, 5.74) is 4.80. The van der Waals surface area contributed by atoms with Gasteiger partial charge in [0, 0.05) is 35.9 Å². The Morgan fingerprint density at radius 2 is 1.44 bits per heavy atom. The Bertz CT molecular complexity index is 2070. The van der Waals surface area contributed by atoms with Crippen LogP contribution in [0.4, 0.5) is 14.5 Å². The van der Waals surface area contributed by atoms with Crippen molar-refractivity contribution in [3.8, 4) is 16.9 Å². The van der Waals surface area contributed by atoms with Crippen LogP contribution in [0.15, 0.2) is 115 Å². The molecule has 2 atom stereocenters. The normalized spacial score (nSPS) is 14.1. The van der Waals surface area contributed by atoms with Gasteiger partial charge < -0.3 is 20.3 Å². The Morgan fingerprint density at radius 3 is 2.16 bits per heavy atom. The molecule has 1 aliphatic heterocycles. The molecule has 50 heavy (non-hydrogen) atoms. The molecule has 3 amide bonds. The molecule has 252 valence electrons. The van der Waals surface area contributed by atoms with Crippen LogP contribution in [0.1, 0.15) is 45.6 Å². The monoisotopic (exact) mass is 673 g/mol. The van der Waals surface area contributed by atoms with E-state index in [1.807, 2.05) is 54.6 Å². The maximum atomic E-state index is 13.9. The van der Waals surface area contributed by atoms with E-state index in [-0.39, 0.29) is 24.4 Å². The lowest BCUT2D eigenvalue weighted by atomic mass is 9.95. The molecular weight excluding hydrogens is 640 g/mol. The van der Waals surface area contributed by atoms with Gasteiger partial charge in [0.05, 0.1) is 12.1 Å². The third-order valence-corrected chi connectivity index (χ3v) is 8.47. The summed E-state index contributed by atoms with van der Waals surface area (Å²) in [4.78, 5) is 54.0. The smallest absolute Gasteiger partial charge is 0.253 e. The summed E-state index contributed by atoms with van der Waals surface area (Å²) in [6, 6.07) is 29.6. The first-order valence-electron chi connectivity index (χ1n) is 15.9. The van der Waals surface area contributed by atoms with Gasteiger partial charge in [-0.3, -0.25) is 19.2 Å². The molecule has 0 saturated heterocycles. The second-order valence-electron chi connectivity index (χ2n) is 12.0. The van der Waals surface area contributed by atoms with Gasteiger partial charge in [-0.1, -0.05) is 78.9 Å². The van der Waals surface area contributed by atoms with E-state index < -0.39 is 41.4 Å². The van der Waals surface area contributed by atoms with Crippen molar-refractivity contribution in [1.82, 2.24) is 10.6 Å². The minimum absolute atomic E-state index is 0.0656. The van der Waals surface area contributed by atoms with Crippen molar-refractivity contribution in [3.63, 3.8) is 0 Å². The molecule has 10 heteroatoms. The number of amides is 3. The van der Waals surface area contributed by atoms with Crippen molar-refractivity contribution in [3.05, 3.63) is 155 Å². The number of halogens is 2. The number of ether oxygens (including phenoxy) is 1. The fraction of sp³-hybridized carbons (Fsp3) is 0.150. The van der Waals surface area contributed by atoms with Gasteiger partial charge in [0.2, 0.25) is 11.8 Å². The first-order valence-corrected chi connectivity index (χ1v) is 15.9. The predicted molar refractivity (Wildman–Crippen MR) is 184 cm³/mol. The Morgan fingerprint density at radius 1 is 0.780 bits per heavy atom. The van der Waals surface area contributed by atoms with Gasteiger partial charge in [0.15, 0.2) is 5.78 Å². The third-order valence-electron chi connectivity index (χ3n) is 8.47. The van der Waals surface area contributed by atoms with Crippen LogP contribution in [-0.2, 0) is 27.4 Å². The van der Waals surface area contributed by atoms with E-state index in [4.69, 9.17) is 4.74 Å². The Hall–Kier alpha value is -6.16. The Balaban J connectivity index is 1.15. The molecule has 1 aliphatic rings. The molecule has 5 aromatic rings. The van der Waals surface area contributed by atoms with E-state index in [9.17, 15) is 28.0 Å². The van der Waals surface area contributed by atoms with Crippen molar-refractivity contribution >= 4 is 29.2 Å². The first-order chi connectivity index (χ1) is 24.1. The number of hydrogen-bond donors (Lipinski definition) is 2. The summed E-state index contributed by atoms with van der Waals surface area (Å²) >= 11 is 0. The topological polar surface area (TPSA) is 105 Å². The number of benzene rings is 5. The fourth-order valence-corrected chi connectivity index (χ4v) is 5.88. The number of nitrogens with one attached hydrogen (secondary N) is 2. The summed E-state index contributed by atoms with van der Waals surface area (Å²) < 4.78 is 33.2. The standard InChI is InChI=1S/C40H33F2N3O5/c1-24(43-36(46)20-26-18-29(41)21-30(42)19-26)39(48)44-37-34-11-7-6-10-32(34)33-17-16-31(22-35(33)45(2)40(37)49)50-23-25-12-14-28(15-13-25)38(47)27-8-4-3-5-9-27/h3-19,21-22,24,37H,20,23H2,1-2H3,(H,43,46)(H,44,48)/t24-,37?/m0/s1. The van der Waals surface area contributed by atoms with Gasteiger partial charge in [-0.15, -0.1) is 0 Å². The molecule has 0 aliphatic carbocycles. The van der Waals surface area contributed by atoms with Gasteiger partial charge >= 0.3 is 0 Å². The molecule has 0 radical (unpaired) electrons. The highest BCUT2D eigenvalue weighted by Crippen LogP contribution is 2.41. The number of carbonyl (C=O) groups excluding carboxylic acids is 4. The number of ketones is 1. The SMILES string of the molecule is C[C@H](NC(=O)Cc1cc(F)cc(F)c1)C(=O)NC1C(=O)N(C)c2cc(OCc3ccc(C(=O)c4ccccc4)cc3)ccc2-c2ccccc21. The van der Waals surface area contributed by atoms with E-state index in [0.29, 0.717) is 34.2 Å². The molecule has 0 spiro atoms. The fourth-order valence-electron chi connectivity index (χ4n) is 5.88. The second-order valence-corrected chi connectivity index (χ2v) is 12.0. The molecule has 0 aromatic heterocycles. The maximum Gasteiger partial charge on any atom is 0.253 e. The lowest BCUT2D eigenvalue weighted by Gasteiger charge is -2.24. The molecule has 0 saturated carbocycles. The molecule has 2 N–H and O–H groups in total. The van der Waals surface area contributed by atoms with E-state index >= 15 is 0 Å². The molecule has 8 nitrogen and oxygen atoms in total. The minimum Gasteiger partial charge on any atom is -0.489 e. The van der Waals surface area contributed by atoms with Crippen LogP contribution in [-0.4, -0.2) is 36.6 Å². The molecular formula is C40H33F2N3O5. The zero-order valence-corrected chi connectivity index (χ0v) is 27.3. The number of fused-ring (bicyclic) bond motifs is 3. The zero-order chi connectivity index (χ0) is 35.4. The van der Waals surface area contributed by atoms with Crippen molar-refractivity contribution in [1.29, 1.82) is 0 Å². The molecule has 1 unspecified atom stereocenters. The van der Waals surface area contributed by atoms with Crippen LogP contribution in [0.2, 0.25) is 0 Å². The molecule has 0 bridgehead atoms. The summed E-state index contributed by atoms with van der Waals surface area (Å²) in [6.45, 7) is 1.69. The number of nitrogens with zero attached hydrogens (tertiary/aromatic N) is 1. The van der Waals surface area contributed by atoms with Gasteiger partial charge in [-0.25, -0.2) is 8.78 Å². The number of carbonyl (C=O) groups is 4. The molecule has 6 rings (SSSR count). The van der Waals surface area contributed by atoms with Crippen molar-refractivity contribution in [2.45, 2.75) is 32.0 Å². The first kappa shape index (κ1) is 33.7. The van der Waals surface area contributed by atoms with Crippen LogP contribution < -0.4 is 20.3 Å². The van der Waals surface area contributed by atoms with Crippen LogP contribution in [0.3, 0.4) is 0 Å². The van der Waals surface area contributed by atoms with E-state index in [1.54, 1.807) is 49.5 Å².